The van der Waals surface area contributed by atoms with Gasteiger partial charge in [0, 0.05) is 17.8 Å². The molecule has 0 bridgehead atoms. The molecule has 1 N–H and O–H groups in total. The lowest BCUT2D eigenvalue weighted by molar-refractivity contribution is 0.410. The lowest BCUT2D eigenvalue weighted by atomic mass is 10.1. The summed E-state index contributed by atoms with van der Waals surface area (Å²) in [7, 11) is 3.25. The van der Waals surface area contributed by atoms with Crippen LogP contribution in [0.2, 0.25) is 0 Å². The Labute approximate surface area is 132 Å². The average Bonchev–Trinajstić information content (AvgIpc) is 2.52. The largest absolute Gasteiger partial charge is 0.496 e. The van der Waals surface area contributed by atoms with Crippen molar-refractivity contribution in [3.8, 4) is 17.6 Å². The van der Waals surface area contributed by atoms with E-state index in [0.717, 1.165) is 27.2 Å². The van der Waals surface area contributed by atoms with Crippen molar-refractivity contribution in [3.63, 3.8) is 0 Å². The van der Waals surface area contributed by atoms with E-state index in [1.54, 1.807) is 26.4 Å². The van der Waals surface area contributed by atoms with E-state index in [0.29, 0.717) is 12.1 Å². The summed E-state index contributed by atoms with van der Waals surface area (Å²) in [6.07, 6.45) is 0. The summed E-state index contributed by atoms with van der Waals surface area (Å²) in [6, 6.07) is 13.3. The topological polar surface area (TPSA) is 54.3 Å². The average molecular weight is 347 g/mol. The molecule has 4 nitrogen and oxygen atoms in total. The number of hydrogen-bond acceptors (Lipinski definition) is 4. The zero-order valence-electron chi connectivity index (χ0n) is 11.8. The highest BCUT2D eigenvalue weighted by atomic mass is 79.9. The third kappa shape index (κ3) is 3.67. The van der Waals surface area contributed by atoms with Crippen LogP contribution in [-0.4, -0.2) is 14.2 Å². The number of rotatable bonds is 5. The number of methoxy groups -OCH3 is 2. The van der Waals surface area contributed by atoms with Crippen LogP contribution >= 0.6 is 15.9 Å². The number of nitriles is 1. The molecule has 5 heteroatoms. The van der Waals surface area contributed by atoms with Crippen LogP contribution in [0.3, 0.4) is 0 Å². The van der Waals surface area contributed by atoms with E-state index in [-0.39, 0.29) is 0 Å². The molecule has 0 fully saturated rings. The summed E-state index contributed by atoms with van der Waals surface area (Å²) in [5.74, 6) is 1.54. The van der Waals surface area contributed by atoms with E-state index < -0.39 is 0 Å². The molecule has 0 saturated heterocycles. The molecule has 0 saturated carbocycles. The van der Waals surface area contributed by atoms with Crippen molar-refractivity contribution in [3.05, 3.63) is 52.0 Å². The van der Waals surface area contributed by atoms with Crippen LogP contribution in [0.4, 0.5) is 5.69 Å². The Balaban J connectivity index is 2.16. The number of benzene rings is 2. The Morgan fingerprint density at radius 2 is 1.81 bits per heavy atom. The van der Waals surface area contributed by atoms with Gasteiger partial charge in [0.25, 0.3) is 0 Å². The first kappa shape index (κ1) is 15.2. The third-order valence-corrected chi connectivity index (χ3v) is 3.66. The van der Waals surface area contributed by atoms with Gasteiger partial charge in [-0.15, -0.1) is 0 Å². The fourth-order valence-corrected chi connectivity index (χ4v) is 2.50. The summed E-state index contributed by atoms with van der Waals surface area (Å²) in [6.45, 7) is 0.567. The highest BCUT2D eigenvalue weighted by Crippen LogP contribution is 2.28. The normalized spacial score (nSPS) is 9.81. The highest BCUT2D eigenvalue weighted by molar-refractivity contribution is 9.10. The van der Waals surface area contributed by atoms with Crippen molar-refractivity contribution < 1.29 is 9.47 Å². The molecule has 108 valence electrons. The molecule has 0 amide bonds. The third-order valence-electron chi connectivity index (χ3n) is 3.04. The zero-order chi connectivity index (χ0) is 15.2. The minimum Gasteiger partial charge on any atom is -0.496 e. The maximum absolute atomic E-state index is 8.97. The number of nitrogens with zero attached hydrogens (tertiary/aromatic N) is 1. The Bertz CT molecular complexity index is 680. The van der Waals surface area contributed by atoms with Gasteiger partial charge in [-0.25, -0.2) is 0 Å². The van der Waals surface area contributed by atoms with Gasteiger partial charge in [-0.05, 0) is 52.3 Å². The van der Waals surface area contributed by atoms with Crippen molar-refractivity contribution in [2.24, 2.45) is 0 Å². The highest BCUT2D eigenvalue weighted by Gasteiger charge is 2.06. The molecule has 0 aliphatic rings. The lowest BCUT2D eigenvalue weighted by Crippen LogP contribution is -2.02. The smallest absolute Gasteiger partial charge is 0.133 e. The molecule has 2 aromatic rings. The predicted octanol–water partition coefficient (Wildman–Crippen LogP) is 3.95. The van der Waals surface area contributed by atoms with Gasteiger partial charge in [-0.2, -0.15) is 5.26 Å². The fourth-order valence-electron chi connectivity index (χ4n) is 1.96. The standard InChI is InChI=1S/C16H15BrN2O2/c1-20-15-5-3-11(9-18)7-12(15)10-19-13-4-6-16(21-2)14(17)8-13/h3-8,19H,10H2,1-2H3. The molecule has 0 unspecified atom stereocenters. The summed E-state index contributed by atoms with van der Waals surface area (Å²) in [5.41, 5.74) is 2.50. The Hall–Kier alpha value is -2.19. The van der Waals surface area contributed by atoms with E-state index in [1.165, 1.54) is 0 Å². The quantitative estimate of drug-likeness (QED) is 0.890. The molecular formula is C16H15BrN2O2. The van der Waals surface area contributed by atoms with Crippen molar-refractivity contribution in [2.45, 2.75) is 6.54 Å². The second-order valence-electron chi connectivity index (χ2n) is 4.34. The van der Waals surface area contributed by atoms with Crippen LogP contribution in [0.15, 0.2) is 40.9 Å². The molecular weight excluding hydrogens is 332 g/mol. The summed E-state index contributed by atoms with van der Waals surface area (Å²) >= 11 is 3.45. The number of halogens is 1. The van der Waals surface area contributed by atoms with Crippen LogP contribution in [0.1, 0.15) is 11.1 Å². The van der Waals surface area contributed by atoms with Crippen molar-refractivity contribution in [2.75, 3.05) is 19.5 Å². The van der Waals surface area contributed by atoms with E-state index in [4.69, 9.17) is 14.7 Å². The molecule has 21 heavy (non-hydrogen) atoms. The molecule has 2 aromatic carbocycles. The predicted molar refractivity (Wildman–Crippen MR) is 85.7 cm³/mol. The van der Waals surface area contributed by atoms with Gasteiger partial charge in [0.05, 0.1) is 30.3 Å². The first-order valence-electron chi connectivity index (χ1n) is 6.32. The summed E-state index contributed by atoms with van der Waals surface area (Å²) in [5, 5.41) is 12.3. The Morgan fingerprint density at radius 1 is 1.10 bits per heavy atom. The first-order valence-corrected chi connectivity index (χ1v) is 7.11. The number of anilines is 1. The van der Waals surface area contributed by atoms with Gasteiger partial charge >= 0.3 is 0 Å². The van der Waals surface area contributed by atoms with Gasteiger partial charge in [-0.3, -0.25) is 0 Å². The van der Waals surface area contributed by atoms with Gasteiger partial charge in [0.1, 0.15) is 11.5 Å². The number of nitrogens with one attached hydrogen (secondary N) is 1. The number of ether oxygens (including phenoxy) is 2. The Kier molecular flexibility index (Phi) is 5.07. The van der Waals surface area contributed by atoms with Crippen LogP contribution < -0.4 is 14.8 Å². The maximum Gasteiger partial charge on any atom is 0.133 e. The molecule has 0 radical (unpaired) electrons. The Morgan fingerprint density at radius 3 is 2.43 bits per heavy atom. The van der Waals surface area contributed by atoms with Crippen LogP contribution in [-0.2, 0) is 6.54 Å². The van der Waals surface area contributed by atoms with E-state index >= 15 is 0 Å². The fraction of sp³-hybridized carbons (Fsp3) is 0.188. The van der Waals surface area contributed by atoms with E-state index in [1.807, 2.05) is 24.3 Å². The minimum absolute atomic E-state index is 0.567. The molecule has 0 heterocycles. The van der Waals surface area contributed by atoms with Crippen molar-refractivity contribution in [1.82, 2.24) is 0 Å². The second kappa shape index (κ2) is 7.00. The molecule has 2 rings (SSSR count). The number of hydrogen-bond donors (Lipinski definition) is 1. The monoisotopic (exact) mass is 346 g/mol. The van der Waals surface area contributed by atoms with E-state index in [2.05, 4.69) is 27.3 Å². The van der Waals surface area contributed by atoms with Crippen molar-refractivity contribution in [1.29, 1.82) is 5.26 Å². The first-order chi connectivity index (χ1) is 10.2. The van der Waals surface area contributed by atoms with Gasteiger partial charge in [0.2, 0.25) is 0 Å². The van der Waals surface area contributed by atoms with Gasteiger partial charge < -0.3 is 14.8 Å². The van der Waals surface area contributed by atoms with E-state index in [9.17, 15) is 0 Å². The summed E-state index contributed by atoms with van der Waals surface area (Å²) < 4.78 is 11.4. The van der Waals surface area contributed by atoms with Gasteiger partial charge in [-0.1, -0.05) is 0 Å². The molecule has 0 aliphatic heterocycles. The molecule has 0 aromatic heterocycles. The molecule has 0 atom stereocenters. The van der Waals surface area contributed by atoms with Crippen molar-refractivity contribution >= 4 is 21.6 Å². The van der Waals surface area contributed by atoms with Gasteiger partial charge in [0.15, 0.2) is 0 Å². The van der Waals surface area contributed by atoms with Crippen LogP contribution in [0.5, 0.6) is 11.5 Å². The summed E-state index contributed by atoms with van der Waals surface area (Å²) in [4.78, 5) is 0. The minimum atomic E-state index is 0.567. The van der Waals surface area contributed by atoms with Crippen LogP contribution in [0.25, 0.3) is 0 Å². The van der Waals surface area contributed by atoms with Crippen LogP contribution in [0, 0.1) is 11.3 Å². The second-order valence-corrected chi connectivity index (χ2v) is 5.20. The molecule has 0 aliphatic carbocycles. The maximum atomic E-state index is 8.97. The molecule has 0 spiro atoms. The zero-order valence-corrected chi connectivity index (χ0v) is 13.4. The SMILES string of the molecule is COc1ccc(NCc2cc(C#N)ccc2OC)cc1Br. The lowest BCUT2D eigenvalue weighted by Gasteiger charge is -2.12.